The molecule has 0 atom stereocenters. The van der Waals surface area contributed by atoms with E-state index in [1.165, 1.54) is 12.1 Å². The Kier molecular flexibility index (Phi) is 5.67. The van der Waals surface area contributed by atoms with Crippen LogP contribution in [0.25, 0.3) is 0 Å². The molecule has 26 heavy (non-hydrogen) atoms. The van der Waals surface area contributed by atoms with Crippen molar-refractivity contribution in [1.82, 2.24) is 0 Å². The van der Waals surface area contributed by atoms with Crippen molar-refractivity contribution < 1.29 is 31.1 Å². The predicted molar refractivity (Wildman–Crippen MR) is 89.7 cm³/mol. The van der Waals surface area contributed by atoms with Gasteiger partial charge in [0.1, 0.15) is 0 Å². The monoisotopic (exact) mass is 408 g/mol. The highest BCUT2D eigenvalue weighted by atomic mass is 35.5. The van der Waals surface area contributed by atoms with E-state index in [4.69, 9.17) is 11.6 Å². The van der Waals surface area contributed by atoms with Crippen molar-refractivity contribution in [2.75, 3.05) is 17.1 Å². The Morgan fingerprint density at radius 3 is 2.27 bits per heavy atom. The van der Waals surface area contributed by atoms with Gasteiger partial charge in [-0.05, 0) is 42.5 Å². The van der Waals surface area contributed by atoms with E-state index in [1.54, 1.807) is 0 Å². The number of hydrogen-bond donors (Lipinski definition) is 2. The SMILES string of the molecule is COC(=O)Nc1ccc(S(=O)(=O)Nc2cc(C(F)(F)F)ccc2Cl)cc1. The lowest BCUT2D eigenvalue weighted by Crippen LogP contribution is -2.15. The van der Waals surface area contributed by atoms with Crippen LogP contribution in [0.1, 0.15) is 5.56 Å². The summed E-state index contributed by atoms with van der Waals surface area (Å²) < 4.78 is 69.4. The van der Waals surface area contributed by atoms with Gasteiger partial charge in [-0.1, -0.05) is 11.6 Å². The molecule has 6 nitrogen and oxygen atoms in total. The highest BCUT2D eigenvalue weighted by Crippen LogP contribution is 2.34. The molecule has 2 aromatic rings. The van der Waals surface area contributed by atoms with Gasteiger partial charge in [0, 0.05) is 5.69 Å². The predicted octanol–water partition coefficient (Wildman–Crippen LogP) is 4.34. The van der Waals surface area contributed by atoms with E-state index in [0.717, 1.165) is 31.4 Å². The van der Waals surface area contributed by atoms with Crippen LogP contribution >= 0.6 is 11.6 Å². The molecule has 0 bridgehead atoms. The first-order valence-corrected chi connectivity index (χ1v) is 8.73. The number of alkyl halides is 3. The second kappa shape index (κ2) is 7.42. The minimum absolute atomic E-state index is 0.189. The summed E-state index contributed by atoms with van der Waals surface area (Å²) in [7, 11) is -3.03. The third-order valence-electron chi connectivity index (χ3n) is 3.13. The number of ether oxygens (including phenoxy) is 1. The molecule has 0 spiro atoms. The average Bonchev–Trinajstić information content (AvgIpc) is 2.56. The van der Waals surface area contributed by atoms with Gasteiger partial charge in [-0.3, -0.25) is 10.0 Å². The molecule has 0 aromatic heterocycles. The maximum Gasteiger partial charge on any atom is 0.416 e. The Hall–Kier alpha value is -2.46. The minimum atomic E-state index is -4.65. The van der Waals surface area contributed by atoms with E-state index in [2.05, 4.69) is 10.1 Å². The molecule has 2 rings (SSSR count). The summed E-state index contributed by atoms with van der Waals surface area (Å²) in [6.45, 7) is 0. The number of hydrogen-bond acceptors (Lipinski definition) is 4. The Morgan fingerprint density at radius 2 is 1.73 bits per heavy atom. The normalized spacial score (nSPS) is 11.7. The van der Waals surface area contributed by atoms with Crippen LogP contribution < -0.4 is 10.0 Å². The number of halogens is 4. The zero-order valence-corrected chi connectivity index (χ0v) is 14.7. The molecular formula is C15H12ClF3N2O4S. The van der Waals surface area contributed by atoms with Crippen LogP contribution in [0.15, 0.2) is 47.4 Å². The first-order valence-electron chi connectivity index (χ1n) is 6.87. The lowest BCUT2D eigenvalue weighted by atomic mass is 10.2. The van der Waals surface area contributed by atoms with Crippen LogP contribution in [0.4, 0.5) is 29.3 Å². The lowest BCUT2D eigenvalue weighted by molar-refractivity contribution is -0.137. The van der Waals surface area contributed by atoms with Crippen molar-refractivity contribution in [3.8, 4) is 0 Å². The average molecular weight is 409 g/mol. The maximum absolute atomic E-state index is 12.8. The van der Waals surface area contributed by atoms with Gasteiger partial charge in [0.25, 0.3) is 10.0 Å². The zero-order chi connectivity index (χ0) is 19.5. The molecule has 0 saturated carbocycles. The smallest absolute Gasteiger partial charge is 0.416 e. The summed E-state index contributed by atoms with van der Waals surface area (Å²) in [5.74, 6) is 0. The van der Waals surface area contributed by atoms with Gasteiger partial charge in [0.15, 0.2) is 0 Å². The van der Waals surface area contributed by atoms with Gasteiger partial charge in [0.05, 0.1) is 28.3 Å². The van der Waals surface area contributed by atoms with Gasteiger partial charge in [-0.25, -0.2) is 13.2 Å². The number of carbonyl (C=O) groups is 1. The minimum Gasteiger partial charge on any atom is -0.453 e. The number of nitrogens with one attached hydrogen (secondary N) is 2. The summed E-state index contributed by atoms with van der Waals surface area (Å²) in [6.07, 6.45) is -5.39. The summed E-state index contributed by atoms with van der Waals surface area (Å²) in [4.78, 5) is 10.8. The zero-order valence-electron chi connectivity index (χ0n) is 13.1. The Morgan fingerprint density at radius 1 is 1.12 bits per heavy atom. The number of sulfonamides is 1. The number of benzene rings is 2. The van der Waals surface area contributed by atoms with Crippen LogP contribution in [-0.4, -0.2) is 21.6 Å². The first kappa shape index (κ1) is 19.9. The van der Waals surface area contributed by atoms with Crippen molar-refractivity contribution in [3.63, 3.8) is 0 Å². The molecule has 0 radical (unpaired) electrons. The number of amides is 1. The summed E-state index contributed by atoms with van der Waals surface area (Å²) in [5, 5.41) is 2.14. The number of methoxy groups -OCH3 is 1. The van der Waals surface area contributed by atoms with Gasteiger partial charge < -0.3 is 4.74 Å². The van der Waals surface area contributed by atoms with Crippen LogP contribution in [0.5, 0.6) is 0 Å². The van der Waals surface area contributed by atoms with Gasteiger partial charge >= 0.3 is 12.3 Å². The molecule has 11 heteroatoms. The van der Waals surface area contributed by atoms with E-state index >= 15 is 0 Å². The molecule has 0 saturated heterocycles. The fourth-order valence-electron chi connectivity index (χ4n) is 1.87. The summed E-state index contributed by atoms with van der Waals surface area (Å²) in [6, 6.07) is 7.20. The molecule has 0 heterocycles. The molecule has 0 aliphatic carbocycles. The van der Waals surface area contributed by atoms with Crippen molar-refractivity contribution in [1.29, 1.82) is 0 Å². The number of anilines is 2. The third kappa shape index (κ3) is 4.79. The topological polar surface area (TPSA) is 84.5 Å². The van der Waals surface area contributed by atoms with E-state index in [1.807, 2.05) is 4.72 Å². The van der Waals surface area contributed by atoms with E-state index in [0.29, 0.717) is 6.07 Å². The standard InChI is InChI=1S/C15H12ClF3N2O4S/c1-25-14(22)20-10-3-5-11(6-4-10)26(23,24)21-13-8-9(15(17,18)19)2-7-12(13)16/h2-8,21H,1H3,(H,20,22). The second-order valence-corrected chi connectivity index (χ2v) is 7.03. The number of carbonyl (C=O) groups excluding carboxylic acids is 1. The van der Waals surface area contributed by atoms with Crippen molar-refractivity contribution >= 4 is 39.1 Å². The maximum atomic E-state index is 12.8. The van der Waals surface area contributed by atoms with Crippen molar-refractivity contribution in [3.05, 3.63) is 53.1 Å². The quantitative estimate of drug-likeness (QED) is 0.788. The fourth-order valence-corrected chi connectivity index (χ4v) is 3.16. The van der Waals surface area contributed by atoms with Crippen LogP contribution in [0.2, 0.25) is 5.02 Å². The second-order valence-electron chi connectivity index (χ2n) is 4.94. The highest BCUT2D eigenvalue weighted by molar-refractivity contribution is 7.92. The molecule has 0 aliphatic rings. The lowest BCUT2D eigenvalue weighted by Gasteiger charge is -2.13. The summed E-state index contributed by atoms with van der Waals surface area (Å²) in [5.41, 5.74) is -1.18. The van der Waals surface area contributed by atoms with Crippen molar-refractivity contribution in [2.24, 2.45) is 0 Å². The molecule has 2 N–H and O–H groups in total. The Labute approximate surface area is 152 Å². The molecule has 140 valence electrons. The van der Waals surface area contributed by atoms with E-state index < -0.39 is 33.5 Å². The molecular weight excluding hydrogens is 397 g/mol. The van der Waals surface area contributed by atoms with Crippen molar-refractivity contribution in [2.45, 2.75) is 11.1 Å². The molecule has 1 amide bonds. The van der Waals surface area contributed by atoms with Crippen LogP contribution in [0.3, 0.4) is 0 Å². The Bertz CT molecular complexity index is 915. The highest BCUT2D eigenvalue weighted by Gasteiger charge is 2.31. The number of rotatable bonds is 4. The molecule has 0 aliphatic heterocycles. The molecule has 2 aromatic carbocycles. The van der Waals surface area contributed by atoms with E-state index in [9.17, 15) is 26.4 Å². The summed E-state index contributed by atoms with van der Waals surface area (Å²) >= 11 is 5.78. The van der Waals surface area contributed by atoms with Crippen LogP contribution in [0, 0.1) is 0 Å². The first-order chi connectivity index (χ1) is 12.0. The largest absolute Gasteiger partial charge is 0.453 e. The fraction of sp³-hybridized carbons (Fsp3) is 0.133. The van der Waals surface area contributed by atoms with Gasteiger partial charge in [-0.2, -0.15) is 13.2 Å². The molecule has 0 fully saturated rings. The van der Waals surface area contributed by atoms with Gasteiger partial charge in [0.2, 0.25) is 0 Å². The van der Waals surface area contributed by atoms with E-state index in [-0.39, 0.29) is 15.6 Å². The third-order valence-corrected chi connectivity index (χ3v) is 4.85. The van der Waals surface area contributed by atoms with Gasteiger partial charge in [-0.15, -0.1) is 0 Å². The Balaban J connectivity index is 2.27. The van der Waals surface area contributed by atoms with Crippen LogP contribution in [-0.2, 0) is 20.9 Å². The molecule has 0 unspecified atom stereocenters.